The summed E-state index contributed by atoms with van der Waals surface area (Å²) in [7, 11) is 0. The molecular formula is C15H24N2O3. The summed E-state index contributed by atoms with van der Waals surface area (Å²) in [5.74, 6) is 0.769. The summed E-state index contributed by atoms with van der Waals surface area (Å²) in [5, 5.41) is 2.71. The molecule has 0 aliphatic heterocycles. The van der Waals surface area contributed by atoms with Gasteiger partial charge in [-0.1, -0.05) is 6.07 Å². The number of hydrogen-bond donors (Lipinski definition) is 2. The van der Waals surface area contributed by atoms with Crippen LogP contribution in [0.25, 0.3) is 0 Å². The van der Waals surface area contributed by atoms with Crippen LogP contribution in [0.4, 0.5) is 10.5 Å². The Balaban J connectivity index is 2.07. The number of carbonyl (C=O) groups excluding carboxylic acids is 1. The number of nitrogens with one attached hydrogen (secondary N) is 1. The Morgan fingerprint density at radius 2 is 2.05 bits per heavy atom. The van der Waals surface area contributed by atoms with Crippen molar-refractivity contribution in [1.29, 1.82) is 0 Å². The zero-order valence-electron chi connectivity index (χ0n) is 12.4. The number of nitrogens with two attached hydrogens (primary N) is 1. The molecule has 0 unspecified atom stereocenters. The fourth-order valence-electron chi connectivity index (χ4n) is 1.53. The summed E-state index contributed by atoms with van der Waals surface area (Å²) in [6, 6.07) is 7.33. The van der Waals surface area contributed by atoms with E-state index in [2.05, 4.69) is 5.32 Å². The third-order valence-corrected chi connectivity index (χ3v) is 2.37. The van der Waals surface area contributed by atoms with Crippen LogP contribution < -0.4 is 15.8 Å². The highest BCUT2D eigenvalue weighted by Crippen LogP contribution is 2.14. The molecule has 0 heterocycles. The molecule has 1 amide bonds. The number of nitrogen functional groups attached to an aromatic ring is 1. The van der Waals surface area contributed by atoms with Crippen LogP contribution >= 0.6 is 0 Å². The molecule has 1 aromatic rings. The van der Waals surface area contributed by atoms with Crippen molar-refractivity contribution in [2.75, 3.05) is 18.9 Å². The number of benzene rings is 1. The van der Waals surface area contributed by atoms with Gasteiger partial charge < -0.3 is 20.5 Å². The molecule has 0 bridgehead atoms. The Bertz CT molecular complexity index is 427. The smallest absolute Gasteiger partial charge is 0.407 e. The largest absolute Gasteiger partial charge is 0.494 e. The van der Waals surface area contributed by atoms with Crippen LogP contribution in [0.5, 0.6) is 5.75 Å². The molecule has 0 saturated heterocycles. The maximum atomic E-state index is 11.4. The molecule has 0 aliphatic rings. The molecule has 5 heteroatoms. The molecule has 0 spiro atoms. The maximum absolute atomic E-state index is 11.4. The normalized spacial score (nSPS) is 10.9. The van der Waals surface area contributed by atoms with Gasteiger partial charge in [0.1, 0.15) is 11.4 Å². The molecule has 112 valence electrons. The van der Waals surface area contributed by atoms with E-state index in [0.717, 1.165) is 18.6 Å². The van der Waals surface area contributed by atoms with Crippen LogP contribution in [-0.4, -0.2) is 24.8 Å². The maximum Gasteiger partial charge on any atom is 0.407 e. The quantitative estimate of drug-likeness (QED) is 0.620. The zero-order chi connectivity index (χ0) is 15.0. The van der Waals surface area contributed by atoms with Gasteiger partial charge in [-0.05, 0) is 45.7 Å². The third-order valence-electron chi connectivity index (χ3n) is 2.37. The Morgan fingerprint density at radius 1 is 1.30 bits per heavy atom. The van der Waals surface area contributed by atoms with Crippen LogP contribution in [0.3, 0.4) is 0 Å². The van der Waals surface area contributed by atoms with Gasteiger partial charge in [0.15, 0.2) is 0 Å². The van der Waals surface area contributed by atoms with Gasteiger partial charge in [-0.25, -0.2) is 4.79 Å². The second-order valence-electron chi connectivity index (χ2n) is 5.56. The van der Waals surface area contributed by atoms with E-state index in [1.807, 2.05) is 39.0 Å². The van der Waals surface area contributed by atoms with Crippen LogP contribution in [0.15, 0.2) is 24.3 Å². The van der Waals surface area contributed by atoms with E-state index in [1.54, 1.807) is 6.07 Å². The third kappa shape index (κ3) is 7.51. The van der Waals surface area contributed by atoms with E-state index in [-0.39, 0.29) is 6.09 Å². The fraction of sp³-hybridized carbons (Fsp3) is 0.533. The van der Waals surface area contributed by atoms with E-state index >= 15 is 0 Å². The van der Waals surface area contributed by atoms with Gasteiger partial charge in [0.05, 0.1) is 6.61 Å². The first kappa shape index (κ1) is 16.1. The highest BCUT2D eigenvalue weighted by atomic mass is 16.6. The molecule has 20 heavy (non-hydrogen) atoms. The Kier molecular flexibility index (Phi) is 6.15. The number of carbonyl (C=O) groups is 1. The van der Waals surface area contributed by atoms with E-state index in [1.165, 1.54) is 0 Å². The summed E-state index contributed by atoms with van der Waals surface area (Å²) < 4.78 is 10.7. The summed E-state index contributed by atoms with van der Waals surface area (Å²) in [6.45, 7) is 6.69. The van der Waals surface area contributed by atoms with Crippen molar-refractivity contribution in [3.05, 3.63) is 24.3 Å². The lowest BCUT2D eigenvalue weighted by atomic mass is 10.2. The zero-order valence-corrected chi connectivity index (χ0v) is 12.4. The van der Waals surface area contributed by atoms with Crippen molar-refractivity contribution >= 4 is 11.8 Å². The molecule has 0 aromatic heterocycles. The molecule has 0 atom stereocenters. The van der Waals surface area contributed by atoms with Gasteiger partial charge in [0, 0.05) is 18.3 Å². The minimum absolute atomic E-state index is 0.380. The number of alkyl carbamates (subject to hydrolysis) is 1. The van der Waals surface area contributed by atoms with Gasteiger partial charge in [0.25, 0.3) is 0 Å². The van der Waals surface area contributed by atoms with Crippen molar-refractivity contribution in [3.63, 3.8) is 0 Å². The number of amides is 1. The van der Waals surface area contributed by atoms with Gasteiger partial charge >= 0.3 is 6.09 Å². The molecule has 3 N–H and O–H groups in total. The van der Waals surface area contributed by atoms with Crippen LogP contribution in [-0.2, 0) is 4.74 Å². The molecule has 0 saturated carbocycles. The van der Waals surface area contributed by atoms with E-state index < -0.39 is 5.60 Å². The number of anilines is 1. The van der Waals surface area contributed by atoms with Crippen LogP contribution in [0, 0.1) is 0 Å². The number of ether oxygens (including phenoxy) is 2. The highest BCUT2D eigenvalue weighted by molar-refractivity contribution is 5.67. The molecule has 5 nitrogen and oxygen atoms in total. The van der Waals surface area contributed by atoms with Crippen molar-refractivity contribution in [1.82, 2.24) is 5.32 Å². The molecule has 0 fully saturated rings. The molecule has 1 aromatic carbocycles. The summed E-state index contributed by atoms with van der Waals surface area (Å²) in [4.78, 5) is 11.4. The lowest BCUT2D eigenvalue weighted by molar-refractivity contribution is 0.0526. The first-order valence-corrected chi connectivity index (χ1v) is 6.82. The predicted octanol–water partition coefficient (Wildman–Crippen LogP) is 2.95. The first-order valence-electron chi connectivity index (χ1n) is 6.82. The molecule has 1 rings (SSSR count). The molecule has 0 aliphatic carbocycles. The van der Waals surface area contributed by atoms with Gasteiger partial charge in [-0.15, -0.1) is 0 Å². The standard InChI is InChI=1S/C15H24N2O3/c1-15(2,3)20-14(18)17-9-4-5-10-19-13-8-6-7-12(16)11-13/h6-8,11H,4-5,9-10,16H2,1-3H3,(H,17,18). The van der Waals surface area contributed by atoms with Crippen molar-refractivity contribution in [2.24, 2.45) is 0 Å². The first-order chi connectivity index (χ1) is 9.37. The predicted molar refractivity (Wildman–Crippen MR) is 79.8 cm³/mol. The van der Waals surface area contributed by atoms with Crippen molar-refractivity contribution < 1.29 is 14.3 Å². The minimum atomic E-state index is -0.458. The summed E-state index contributed by atoms with van der Waals surface area (Å²) in [6.07, 6.45) is 1.31. The average Bonchev–Trinajstić information content (AvgIpc) is 2.31. The number of rotatable bonds is 6. The fourth-order valence-corrected chi connectivity index (χ4v) is 1.53. The summed E-state index contributed by atoms with van der Waals surface area (Å²) in [5.41, 5.74) is 5.88. The van der Waals surface area contributed by atoms with Crippen LogP contribution in [0.1, 0.15) is 33.6 Å². The Hall–Kier alpha value is -1.91. The van der Waals surface area contributed by atoms with E-state index in [0.29, 0.717) is 18.8 Å². The highest BCUT2D eigenvalue weighted by Gasteiger charge is 2.15. The van der Waals surface area contributed by atoms with Crippen molar-refractivity contribution in [2.45, 2.75) is 39.2 Å². The topological polar surface area (TPSA) is 73.6 Å². The van der Waals surface area contributed by atoms with Crippen LogP contribution in [0.2, 0.25) is 0 Å². The second kappa shape index (κ2) is 7.62. The molecular weight excluding hydrogens is 256 g/mol. The van der Waals surface area contributed by atoms with Gasteiger partial charge in [-0.3, -0.25) is 0 Å². The number of hydrogen-bond acceptors (Lipinski definition) is 4. The lowest BCUT2D eigenvalue weighted by Crippen LogP contribution is -2.33. The monoisotopic (exact) mass is 280 g/mol. The molecule has 0 radical (unpaired) electrons. The SMILES string of the molecule is CC(C)(C)OC(=O)NCCCCOc1cccc(N)c1. The minimum Gasteiger partial charge on any atom is -0.494 e. The van der Waals surface area contributed by atoms with E-state index in [9.17, 15) is 4.79 Å². The Morgan fingerprint density at radius 3 is 2.70 bits per heavy atom. The lowest BCUT2D eigenvalue weighted by Gasteiger charge is -2.19. The van der Waals surface area contributed by atoms with E-state index in [4.69, 9.17) is 15.2 Å². The average molecular weight is 280 g/mol. The second-order valence-corrected chi connectivity index (χ2v) is 5.56. The Labute approximate surface area is 120 Å². The summed E-state index contributed by atoms with van der Waals surface area (Å²) >= 11 is 0. The van der Waals surface area contributed by atoms with Crippen molar-refractivity contribution in [3.8, 4) is 5.75 Å². The van der Waals surface area contributed by atoms with Gasteiger partial charge in [-0.2, -0.15) is 0 Å². The number of unbranched alkanes of at least 4 members (excludes halogenated alkanes) is 1. The van der Waals surface area contributed by atoms with Gasteiger partial charge in [0.2, 0.25) is 0 Å².